The first-order chi connectivity index (χ1) is 9.52. The van der Waals surface area contributed by atoms with E-state index in [1.165, 1.54) is 11.9 Å². The number of hydrogen-bond donors (Lipinski definition) is 3. The summed E-state index contributed by atoms with van der Waals surface area (Å²) in [7, 11) is 1.45. The number of rotatable bonds is 4. The number of likely N-dealkylation sites (N-methyl/N-ethyl adjacent to an activating group) is 1. The maximum absolute atomic E-state index is 12.1. The van der Waals surface area contributed by atoms with Gasteiger partial charge in [-0.05, 0) is 30.7 Å². The molecule has 1 aromatic heterocycles. The first kappa shape index (κ1) is 15.0. The van der Waals surface area contributed by atoms with Crippen LogP contribution in [0.4, 0.5) is 0 Å². The van der Waals surface area contributed by atoms with Gasteiger partial charge in [0.1, 0.15) is 6.10 Å². The lowest BCUT2D eigenvalue weighted by molar-refractivity contribution is -0.128. The van der Waals surface area contributed by atoms with Crippen LogP contribution < -0.4 is 10.6 Å². The van der Waals surface area contributed by atoms with Crippen molar-refractivity contribution in [1.82, 2.24) is 10.6 Å². The van der Waals surface area contributed by atoms with Gasteiger partial charge in [-0.1, -0.05) is 6.92 Å². The summed E-state index contributed by atoms with van der Waals surface area (Å²) in [5, 5.41) is 16.4. The first-order valence-electron chi connectivity index (χ1n) is 6.80. The molecule has 1 aliphatic rings. The van der Waals surface area contributed by atoms with E-state index in [1.54, 1.807) is 11.3 Å². The van der Waals surface area contributed by atoms with Crippen molar-refractivity contribution >= 4 is 23.2 Å². The summed E-state index contributed by atoms with van der Waals surface area (Å²) in [6.45, 7) is 2.15. The van der Waals surface area contributed by atoms with Crippen LogP contribution in [-0.4, -0.2) is 36.6 Å². The molecule has 0 fully saturated rings. The van der Waals surface area contributed by atoms with Gasteiger partial charge in [-0.15, -0.1) is 11.3 Å². The Morgan fingerprint density at radius 3 is 3.00 bits per heavy atom. The molecule has 0 saturated carbocycles. The van der Waals surface area contributed by atoms with Crippen LogP contribution in [-0.2, 0) is 17.6 Å². The summed E-state index contributed by atoms with van der Waals surface area (Å²) in [6, 6.07) is 0. The maximum atomic E-state index is 12.1. The average molecular weight is 296 g/mol. The van der Waals surface area contributed by atoms with Crippen LogP contribution >= 0.6 is 11.3 Å². The van der Waals surface area contributed by atoms with Crippen LogP contribution in [0.25, 0.3) is 0 Å². The molecule has 2 amide bonds. The fourth-order valence-corrected chi connectivity index (χ4v) is 3.66. The molecule has 0 aliphatic heterocycles. The highest BCUT2D eigenvalue weighted by molar-refractivity contribution is 7.10. The zero-order valence-electron chi connectivity index (χ0n) is 11.7. The Morgan fingerprint density at radius 1 is 1.55 bits per heavy atom. The molecule has 0 aromatic carbocycles. The molecule has 5 nitrogen and oxygen atoms in total. The minimum atomic E-state index is -1.21. The highest BCUT2D eigenvalue weighted by atomic mass is 32.1. The Morgan fingerprint density at radius 2 is 2.30 bits per heavy atom. The maximum Gasteiger partial charge on any atom is 0.252 e. The van der Waals surface area contributed by atoms with Gasteiger partial charge in [-0.25, -0.2) is 0 Å². The number of hydrogen-bond acceptors (Lipinski definition) is 4. The predicted octanol–water partition coefficient (Wildman–Crippen LogP) is 0.710. The molecule has 2 rings (SSSR count). The molecule has 20 heavy (non-hydrogen) atoms. The summed E-state index contributed by atoms with van der Waals surface area (Å²) in [5.74, 6) is -0.0291. The quantitative estimate of drug-likeness (QED) is 0.765. The van der Waals surface area contributed by atoms with E-state index in [1.807, 2.05) is 5.38 Å². The zero-order chi connectivity index (χ0) is 14.7. The fraction of sp³-hybridized carbons (Fsp3) is 0.571. The normalized spacial score (nSPS) is 19.1. The van der Waals surface area contributed by atoms with Crippen molar-refractivity contribution in [3.63, 3.8) is 0 Å². The largest absolute Gasteiger partial charge is 0.381 e. The topological polar surface area (TPSA) is 78.4 Å². The van der Waals surface area contributed by atoms with Gasteiger partial charge in [-0.2, -0.15) is 0 Å². The monoisotopic (exact) mass is 296 g/mol. The molecular weight excluding hydrogens is 276 g/mol. The van der Waals surface area contributed by atoms with Crippen molar-refractivity contribution in [2.24, 2.45) is 5.92 Å². The molecule has 0 radical (unpaired) electrons. The zero-order valence-corrected chi connectivity index (χ0v) is 12.5. The Kier molecular flexibility index (Phi) is 4.77. The van der Waals surface area contributed by atoms with Crippen LogP contribution in [0.15, 0.2) is 5.38 Å². The van der Waals surface area contributed by atoms with E-state index in [2.05, 4.69) is 17.6 Å². The molecule has 0 spiro atoms. The molecule has 110 valence electrons. The van der Waals surface area contributed by atoms with Gasteiger partial charge < -0.3 is 15.7 Å². The number of carbonyl (C=O) groups is 2. The van der Waals surface area contributed by atoms with Crippen LogP contribution in [0.1, 0.15) is 34.1 Å². The number of thiophene rings is 1. The van der Waals surface area contributed by atoms with Gasteiger partial charge >= 0.3 is 0 Å². The number of fused-ring (bicyclic) bond motifs is 1. The smallest absolute Gasteiger partial charge is 0.252 e. The van der Waals surface area contributed by atoms with Crippen molar-refractivity contribution in [1.29, 1.82) is 0 Å². The SMILES string of the molecule is CNC(=O)[C@@H](O)CNC(=O)c1csc2c1CC[C@@H](C)C2. The highest BCUT2D eigenvalue weighted by Crippen LogP contribution is 2.32. The van der Waals surface area contributed by atoms with Crippen LogP contribution in [0.5, 0.6) is 0 Å². The molecule has 6 heteroatoms. The fourth-order valence-electron chi connectivity index (χ4n) is 2.41. The van der Waals surface area contributed by atoms with Crippen LogP contribution in [0, 0.1) is 5.92 Å². The van der Waals surface area contributed by atoms with Gasteiger partial charge in [-0.3, -0.25) is 9.59 Å². The third-order valence-corrected chi connectivity index (χ3v) is 4.70. The van der Waals surface area contributed by atoms with E-state index >= 15 is 0 Å². The molecule has 0 unspecified atom stereocenters. The molecule has 0 bridgehead atoms. The molecule has 1 heterocycles. The minimum Gasteiger partial charge on any atom is -0.381 e. The predicted molar refractivity (Wildman–Crippen MR) is 77.9 cm³/mol. The third-order valence-electron chi connectivity index (χ3n) is 3.65. The Hall–Kier alpha value is -1.40. The number of aliphatic hydroxyl groups is 1. The second-order valence-electron chi connectivity index (χ2n) is 5.24. The van der Waals surface area contributed by atoms with E-state index < -0.39 is 12.0 Å². The van der Waals surface area contributed by atoms with Crippen LogP contribution in [0.2, 0.25) is 0 Å². The lowest BCUT2D eigenvalue weighted by Gasteiger charge is -2.19. The summed E-state index contributed by atoms with van der Waals surface area (Å²) in [4.78, 5) is 24.6. The van der Waals surface area contributed by atoms with E-state index in [9.17, 15) is 14.7 Å². The van der Waals surface area contributed by atoms with Crippen molar-refractivity contribution in [2.45, 2.75) is 32.3 Å². The second kappa shape index (κ2) is 6.37. The lowest BCUT2D eigenvalue weighted by atomic mass is 9.88. The van der Waals surface area contributed by atoms with Gasteiger partial charge in [0, 0.05) is 17.3 Å². The summed E-state index contributed by atoms with van der Waals surface area (Å²) in [6.07, 6.45) is 1.86. The number of amides is 2. The molecule has 2 atom stereocenters. The molecule has 1 aromatic rings. The van der Waals surface area contributed by atoms with Crippen molar-refractivity contribution in [3.8, 4) is 0 Å². The van der Waals surface area contributed by atoms with Crippen molar-refractivity contribution in [3.05, 3.63) is 21.4 Å². The number of carbonyl (C=O) groups excluding carboxylic acids is 2. The summed E-state index contributed by atoms with van der Waals surface area (Å²) >= 11 is 1.63. The van der Waals surface area contributed by atoms with E-state index in [0.717, 1.165) is 24.8 Å². The standard InChI is InChI=1S/C14H20N2O3S/c1-8-3-4-9-10(7-20-12(9)5-8)13(18)16-6-11(17)14(19)15-2/h7-8,11,17H,3-6H2,1-2H3,(H,15,19)(H,16,18)/t8-,11+/m1/s1. The molecular formula is C14H20N2O3S. The van der Waals surface area contributed by atoms with Crippen molar-refractivity contribution in [2.75, 3.05) is 13.6 Å². The molecule has 3 N–H and O–H groups in total. The summed E-state index contributed by atoms with van der Waals surface area (Å²) in [5.41, 5.74) is 1.83. The third kappa shape index (κ3) is 3.19. The average Bonchev–Trinajstić information content (AvgIpc) is 2.86. The summed E-state index contributed by atoms with van der Waals surface area (Å²) < 4.78 is 0. The van der Waals surface area contributed by atoms with E-state index in [0.29, 0.717) is 11.5 Å². The minimum absolute atomic E-state index is 0.0699. The van der Waals surface area contributed by atoms with Gasteiger partial charge in [0.25, 0.3) is 5.91 Å². The Bertz CT molecular complexity index is 513. The second-order valence-corrected chi connectivity index (χ2v) is 6.20. The van der Waals surface area contributed by atoms with E-state index in [-0.39, 0.29) is 12.5 Å². The molecule has 0 saturated heterocycles. The van der Waals surface area contributed by atoms with E-state index in [4.69, 9.17) is 0 Å². The lowest BCUT2D eigenvalue weighted by Crippen LogP contribution is -2.41. The number of aliphatic hydroxyl groups excluding tert-OH is 1. The Balaban J connectivity index is 1.99. The van der Waals surface area contributed by atoms with Gasteiger partial charge in [0.05, 0.1) is 12.1 Å². The van der Waals surface area contributed by atoms with Gasteiger partial charge in [0.15, 0.2) is 0 Å². The highest BCUT2D eigenvalue weighted by Gasteiger charge is 2.23. The first-order valence-corrected chi connectivity index (χ1v) is 7.68. The van der Waals surface area contributed by atoms with Crippen molar-refractivity contribution < 1.29 is 14.7 Å². The Labute approximate surface area is 122 Å². The molecule has 1 aliphatic carbocycles. The number of nitrogens with one attached hydrogen (secondary N) is 2. The van der Waals surface area contributed by atoms with Gasteiger partial charge in [0.2, 0.25) is 5.91 Å². The van der Waals surface area contributed by atoms with Crippen LogP contribution in [0.3, 0.4) is 0 Å².